The molecule has 0 aliphatic carbocycles. The van der Waals surface area contributed by atoms with Crippen LogP contribution in [0.15, 0.2) is 54.6 Å². The highest BCUT2D eigenvalue weighted by Gasteiger charge is 2.33. The number of ether oxygens (including phenoxy) is 2. The first-order valence-electron chi connectivity index (χ1n) is 7.80. The number of hydrogen-bond donors (Lipinski definition) is 0. The van der Waals surface area contributed by atoms with Crippen LogP contribution in [0.1, 0.15) is 24.8 Å². The van der Waals surface area contributed by atoms with Gasteiger partial charge in [-0.15, -0.1) is 0 Å². The molecule has 1 fully saturated rings. The quantitative estimate of drug-likeness (QED) is 0.793. The Balaban J connectivity index is 1.77. The molecule has 3 rings (SSSR count). The fraction of sp³-hybridized carbons (Fsp3) is 0.333. The first-order chi connectivity index (χ1) is 10.3. The Morgan fingerprint density at radius 3 is 2.29 bits per heavy atom. The lowest BCUT2D eigenvalue weighted by Gasteiger charge is -2.37. The largest absolute Gasteiger partial charge is 0.457 e. The molecule has 0 radical (unpaired) electrons. The summed E-state index contributed by atoms with van der Waals surface area (Å²) in [6.45, 7) is 3.25. The molecule has 2 nitrogen and oxygen atoms in total. The van der Waals surface area contributed by atoms with E-state index in [0.717, 1.165) is 18.1 Å². The summed E-state index contributed by atoms with van der Waals surface area (Å²) in [4.78, 5) is 0. The number of rotatable bonds is 4. The molecule has 0 saturated carbocycles. The molecule has 1 aliphatic rings. The van der Waals surface area contributed by atoms with Gasteiger partial charge in [0.2, 0.25) is 0 Å². The first kappa shape index (κ1) is 14.4. The van der Waals surface area contributed by atoms with Crippen LogP contribution in [-0.4, -0.2) is 16.1 Å². The van der Waals surface area contributed by atoms with E-state index >= 15 is 0 Å². The maximum absolute atomic E-state index is 6.18. The molecule has 1 aliphatic heterocycles. The highest BCUT2D eigenvalue weighted by molar-refractivity contribution is 6.37. The first-order valence-corrected chi connectivity index (χ1v) is 9.92. The smallest absolute Gasteiger partial charge is 0.127 e. The Kier molecular flexibility index (Phi) is 4.41. The van der Waals surface area contributed by atoms with Gasteiger partial charge < -0.3 is 9.47 Å². The van der Waals surface area contributed by atoms with Crippen molar-refractivity contribution < 1.29 is 9.47 Å². The van der Waals surface area contributed by atoms with Crippen molar-refractivity contribution in [3.63, 3.8) is 0 Å². The van der Waals surface area contributed by atoms with Gasteiger partial charge in [-0.1, -0.05) is 36.9 Å². The second kappa shape index (κ2) is 6.46. The monoisotopic (exact) mass is 298 g/mol. The van der Waals surface area contributed by atoms with Crippen LogP contribution in [0.4, 0.5) is 0 Å². The molecule has 2 aromatic carbocycles. The van der Waals surface area contributed by atoms with Gasteiger partial charge in [0.05, 0.1) is 14.7 Å². The second-order valence-corrected chi connectivity index (χ2v) is 7.44. The fourth-order valence-electron chi connectivity index (χ4n) is 3.01. The van der Waals surface area contributed by atoms with E-state index in [1.54, 1.807) is 0 Å². The zero-order valence-corrected chi connectivity index (χ0v) is 14.0. The normalized spacial score (nSPS) is 22.5. The molecule has 3 heteroatoms. The van der Waals surface area contributed by atoms with Gasteiger partial charge in [-0.2, -0.15) is 0 Å². The molecule has 2 aromatic rings. The molecular weight excluding hydrogens is 276 g/mol. The molecule has 21 heavy (non-hydrogen) atoms. The van der Waals surface area contributed by atoms with E-state index in [9.17, 15) is 0 Å². The van der Waals surface area contributed by atoms with Crippen LogP contribution in [0.5, 0.6) is 11.5 Å². The molecular formula is C18H22O2Si. The maximum atomic E-state index is 6.18. The summed E-state index contributed by atoms with van der Waals surface area (Å²) in [6, 6.07) is 18.4. The minimum Gasteiger partial charge on any atom is -0.457 e. The fourth-order valence-corrected chi connectivity index (χ4v) is 4.61. The standard InChI is InChI=1S/C18H22O2Si/c1-21-18(13-5-6-14-19-18)15-9-11-17(12-10-15)20-16-7-3-2-4-8-16/h2-4,7-12H,5-6,13-14,21H2,1H3. The summed E-state index contributed by atoms with van der Waals surface area (Å²) in [6.07, 6.45) is 3.66. The highest BCUT2D eigenvalue weighted by atomic mass is 28.2. The van der Waals surface area contributed by atoms with Crippen LogP contribution in [0.2, 0.25) is 6.55 Å². The van der Waals surface area contributed by atoms with Gasteiger partial charge in [-0.25, -0.2) is 0 Å². The van der Waals surface area contributed by atoms with E-state index in [2.05, 4.69) is 30.8 Å². The number of benzene rings is 2. The SMILES string of the molecule is C[SiH2]C1(c2ccc(Oc3ccccc3)cc2)CCCCO1. The summed E-state index contributed by atoms with van der Waals surface area (Å²) in [5.74, 6) is 1.76. The molecule has 0 bridgehead atoms. The lowest BCUT2D eigenvalue weighted by Crippen LogP contribution is -2.38. The van der Waals surface area contributed by atoms with Gasteiger partial charge in [0.15, 0.2) is 0 Å². The van der Waals surface area contributed by atoms with Crippen LogP contribution in [0.25, 0.3) is 0 Å². The summed E-state index contributed by atoms with van der Waals surface area (Å²) in [7, 11) is -0.269. The van der Waals surface area contributed by atoms with Crippen molar-refractivity contribution in [1.82, 2.24) is 0 Å². The Morgan fingerprint density at radius 1 is 0.952 bits per heavy atom. The van der Waals surface area contributed by atoms with Crippen molar-refractivity contribution in [3.8, 4) is 11.5 Å². The van der Waals surface area contributed by atoms with Crippen molar-refractivity contribution in [1.29, 1.82) is 0 Å². The molecule has 0 amide bonds. The van der Waals surface area contributed by atoms with Crippen molar-refractivity contribution in [2.75, 3.05) is 6.61 Å². The van der Waals surface area contributed by atoms with E-state index in [-0.39, 0.29) is 14.7 Å². The minimum absolute atomic E-state index is 0.0452. The van der Waals surface area contributed by atoms with Crippen LogP contribution < -0.4 is 4.74 Å². The molecule has 1 atom stereocenters. The summed E-state index contributed by atoms with van der Waals surface area (Å²) >= 11 is 0. The third-order valence-electron chi connectivity index (χ3n) is 4.28. The van der Waals surface area contributed by atoms with Gasteiger partial charge in [0.25, 0.3) is 0 Å². The zero-order chi connectivity index (χ0) is 14.5. The molecule has 0 aromatic heterocycles. The molecule has 1 unspecified atom stereocenters. The molecule has 1 saturated heterocycles. The Morgan fingerprint density at radius 2 is 1.67 bits per heavy atom. The second-order valence-electron chi connectivity index (χ2n) is 5.59. The third-order valence-corrected chi connectivity index (χ3v) is 6.39. The average Bonchev–Trinajstić information content (AvgIpc) is 2.57. The van der Waals surface area contributed by atoms with Gasteiger partial charge in [0.1, 0.15) is 11.5 Å². The van der Waals surface area contributed by atoms with E-state index in [0.29, 0.717) is 0 Å². The van der Waals surface area contributed by atoms with Gasteiger partial charge in [-0.05, 0) is 49.1 Å². The van der Waals surface area contributed by atoms with Crippen molar-refractivity contribution in [2.24, 2.45) is 0 Å². The van der Waals surface area contributed by atoms with Crippen molar-refractivity contribution in [2.45, 2.75) is 31.0 Å². The lowest BCUT2D eigenvalue weighted by atomic mass is 10.0. The average molecular weight is 298 g/mol. The Hall–Kier alpha value is -1.58. The number of hydrogen-bond acceptors (Lipinski definition) is 2. The molecule has 1 heterocycles. The van der Waals surface area contributed by atoms with Gasteiger partial charge in [-0.3, -0.25) is 0 Å². The molecule has 110 valence electrons. The van der Waals surface area contributed by atoms with Gasteiger partial charge in [0, 0.05) is 6.61 Å². The minimum atomic E-state index is -0.269. The highest BCUT2D eigenvalue weighted by Crippen LogP contribution is 2.35. The summed E-state index contributed by atoms with van der Waals surface area (Å²) in [5.41, 5.74) is 1.33. The van der Waals surface area contributed by atoms with Gasteiger partial charge >= 0.3 is 0 Å². The Bertz CT molecular complexity index is 560. The predicted octanol–water partition coefficient (Wildman–Crippen LogP) is 4.05. The van der Waals surface area contributed by atoms with Crippen LogP contribution in [0, 0.1) is 0 Å². The van der Waals surface area contributed by atoms with Crippen LogP contribution >= 0.6 is 0 Å². The summed E-state index contributed by atoms with van der Waals surface area (Å²) in [5, 5.41) is 0.0452. The zero-order valence-electron chi connectivity index (χ0n) is 12.5. The molecule has 0 N–H and O–H groups in total. The summed E-state index contributed by atoms with van der Waals surface area (Å²) < 4.78 is 12.0. The van der Waals surface area contributed by atoms with E-state index in [1.807, 2.05) is 30.3 Å². The topological polar surface area (TPSA) is 18.5 Å². The number of para-hydroxylation sites is 1. The van der Waals surface area contributed by atoms with Crippen LogP contribution in [0.3, 0.4) is 0 Å². The van der Waals surface area contributed by atoms with E-state index in [1.165, 1.54) is 24.8 Å². The maximum Gasteiger partial charge on any atom is 0.127 e. The third kappa shape index (κ3) is 3.19. The lowest BCUT2D eigenvalue weighted by molar-refractivity contribution is -0.0235. The van der Waals surface area contributed by atoms with Crippen LogP contribution in [-0.2, 0) is 9.96 Å². The predicted molar refractivity (Wildman–Crippen MR) is 88.8 cm³/mol. The van der Waals surface area contributed by atoms with E-state index < -0.39 is 0 Å². The van der Waals surface area contributed by atoms with Crippen molar-refractivity contribution >= 4 is 9.52 Å². The van der Waals surface area contributed by atoms with E-state index in [4.69, 9.17) is 9.47 Å². The van der Waals surface area contributed by atoms with Crippen molar-refractivity contribution in [3.05, 3.63) is 60.2 Å². The molecule has 0 spiro atoms. The Labute approximate surface area is 128 Å².